The third-order valence-electron chi connectivity index (χ3n) is 4.39. The van der Waals surface area contributed by atoms with Gasteiger partial charge in [-0.1, -0.05) is 6.07 Å². The van der Waals surface area contributed by atoms with Crippen molar-refractivity contribution in [2.75, 3.05) is 23.4 Å². The zero-order valence-corrected chi connectivity index (χ0v) is 18.7. The van der Waals surface area contributed by atoms with E-state index in [1.165, 1.54) is 43.5 Å². The lowest BCUT2D eigenvalue weighted by molar-refractivity contribution is -0.384. The first-order chi connectivity index (χ1) is 15.2. The minimum Gasteiger partial charge on any atom is -0.495 e. The largest absolute Gasteiger partial charge is 0.495 e. The van der Waals surface area contributed by atoms with Crippen LogP contribution in [-0.2, 0) is 10.0 Å². The van der Waals surface area contributed by atoms with E-state index in [2.05, 4.69) is 10.0 Å². The van der Waals surface area contributed by atoms with Crippen LogP contribution < -0.4 is 14.8 Å². The van der Waals surface area contributed by atoms with Crippen LogP contribution in [0.3, 0.4) is 0 Å². The molecule has 32 heavy (non-hydrogen) atoms. The fourth-order valence-electron chi connectivity index (χ4n) is 2.78. The van der Waals surface area contributed by atoms with E-state index >= 15 is 0 Å². The van der Waals surface area contributed by atoms with Gasteiger partial charge in [-0.2, -0.15) is 0 Å². The van der Waals surface area contributed by atoms with Crippen molar-refractivity contribution >= 4 is 44.8 Å². The predicted octanol–water partition coefficient (Wildman–Crippen LogP) is 4.38. The average Bonchev–Trinajstić information content (AvgIpc) is 2.79. The van der Waals surface area contributed by atoms with Crippen LogP contribution in [-0.4, -0.2) is 32.6 Å². The van der Waals surface area contributed by atoms with Gasteiger partial charge in [-0.15, -0.1) is 11.8 Å². The number of nitrogens with zero attached hydrogens (tertiary/aromatic N) is 1. The molecule has 0 fully saturated rings. The summed E-state index contributed by atoms with van der Waals surface area (Å²) in [5.74, 6) is -0.367. The number of amides is 1. The maximum Gasteiger partial charge on any atom is 0.271 e. The van der Waals surface area contributed by atoms with Crippen LogP contribution in [0.5, 0.6) is 5.75 Å². The van der Waals surface area contributed by atoms with Gasteiger partial charge >= 0.3 is 0 Å². The van der Waals surface area contributed by atoms with Gasteiger partial charge in [0.2, 0.25) is 0 Å². The van der Waals surface area contributed by atoms with Crippen LogP contribution in [0.1, 0.15) is 10.4 Å². The molecular formula is C21H19N3O6S2. The van der Waals surface area contributed by atoms with Crippen LogP contribution in [0, 0.1) is 10.1 Å². The number of rotatable bonds is 8. The first-order valence-electron chi connectivity index (χ1n) is 9.14. The molecule has 0 aliphatic heterocycles. The second-order valence-electron chi connectivity index (χ2n) is 6.46. The van der Waals surface area contributed by atoms with Gasteiger partial charge in [0.15, 0.2) is 0 Å². The van der Waals surface area contributed by atoms with Crippen molar-refractivity contribution in [3.05, 3.63) is 82.4 Å². The number of nitro groups is 1. The first kappa shape index (κ1) is 23.1. The molecular weight excluding hydrogens is 454 g/mol. The van der Waals surface area contributed by atoms with Gasteiger partial charge in [-0.25, -0.2) is 8.42 Å². The summed E-state index contributed by atoms with van der Waals surface area (Å²) in [6.07, 6.45) is 1.94. The predicted molar refractivity (Wildman–Crippen MR) is 123 cm³/mol. The lowest BCUT2D eigenvalue weighted by Gasteiger charge is -2.12. The quantitative estimate of drug-likeness (QED) is 0.282. The highest BCUT2D eigenvalue weighted by atomic mass is 32.2. The van der Waals surface area contributed by atoms with Gasteiger partial charge in [0, 0.05) is 28.3 Å². The third-order valence-corrected chi connectivity index (χ3v) is 6.50. The van der Waals surface area contributed by atoms with Crippen molar-refractivity contribution in [1.29, 1.82) is 0 Å². The number of carbonyl (C=O) groups excluding carboxylic acids is 1. The lowest BCUT2D eigenvalue weighted by atomic mass is 10.2. The molecule has 9 nitrogen and oxygen atoms in total. The Labute approximate surface area is 189 Å². The maximum absolute atomic E-state index is 12.9. The van der Waals surface area contributed by atoms with Crippen molar-refractivity contribution in [3.8, 4) is 5.75 Å². The van der Waals surface area contributed by atoms with E-state index in [0.29, 0.717) is 5.69 Å². The number of nitrogens with one attached hydrogen (secondary N) is 2. The normalized spacial score (nSPS) is 10.9. The summed E-state index contributed by atoms with van der Waals surface area (Å²) < 4.78 is 33.1. The zero-order chi connectivity index (χ0) is 23.3. The first-order valence-corrected chi connectivity index (χ1v) is 11.8. The van der Waals surface area contributed by atoms with Crippen LogP contribution in [0.15, 0.2) is 76.5 Å². The number of hydrogen-bond acceptors (Lipinski definition) is 7. The molecule has 0 radical (unpaired) electrons. The molecule has 0 heterocycles. The Morgan fingerprint density at radius 3 is 2.41 bits per heavy atom. The van der Waals surface area contributed by atoms with E-state index < -0.39 is 20.9 Å². The molecule has 166 valence electrons. The van der Waals surface area contributed by atoms with Gasteiger partial charge in [-0.05, 0) is 54.8 Å². The summed E-state index contributed by atoms with van der Waals surface area (Å²) in [6, 6.07) is 16.2. The molecule has 2 N–H and O–H groups in total. The second kappa shape index (κ2) is 9.71. The SMILES string of the molecule is COc1ccc([N+](=O)[O-])cc1NS(=O)(=O)c1cccc(C(=O)Nc2ccc(SC)cc2)c1. The Balaban J connectivity index is 1.85. The highest BCUT2D eigenvalue weighted by Gasteiger charge is 2.20. The Morgan fingerprint density at radius 1 is 1.06 bits per heavy atom. The van der Waals surface area contributed by atoms with Crippen LogP contribution >= 0.6 is 11.8 Å². The maximum atomic E-state index is 12.9. The zero-order valence-electron chi connectivity index (χ0n) is 17.1. The molecule has 0 aliphatic rings. The molecule has 1 amide bonds. The molecule has 0 unspecified atom stereocenters. The van der Waals surface area contributed by atoms with Crippen LogP contribution in [0.2, 0.25) is 0 Å². The van der Waals surface area contributed by atoms with E-state index in [1.807, 2.05) is 18.4 Å². The number of ether oxygens (including phenoxy) is 1. The minimum absolute atomic E-state index is 0.0922. The van der Waals surface area contributed by atoms with Crippen molar-refractivity contribution in [3.63, 3.8) is 0 Å². The number of thioether (sulfide) groups is 1. The molecule has 0 atom stereocenters. The van der Waals surface area contributed by atoms with Gasteiger partial charge < -0.3 is 10.1 Å². The molecule has 0 bridgehead atoms. The molecule has 11 heteroatoms. The lowest BCUT2D eigenvalue weighted by Crippen LogP contribution is -2.16. The van der Waals surface area contributed by atoms with E-state index in [0.717, 1.165) is 11.0 Å². The highest BCUT2D eigenvalue weighted by molar-refractivity contribution is 7.98. The van der Waals surface area contributed by atoms with Crippen molar-refractivity contribution in [2.45, 2.75) is 9.79 Å². The number of carbonyl (C=O) groups is 1. The van der Waals surface area contributed by atoms with Gasteiger partial charge in [0.05, 0.1) is 22.6 Å². The summed E-state index contributed by atoms with van der Waals surface area (Å²) in [4.78, 5) is 23.8. The van der Waals surface area contributed by atoms with E-state index in [9.17, 15) is 23.3 Å². The van der Waals surface area contributed by atoms with Crippen LogP contribution in [0.4, 0.5) is 17.1 Å². The molecule has 0 saturated heterocycles. The number of non-ortho nitro benzene ring substituents is 1. The number of nitro benzene ring substituents is 1. The second-order valence-corrected chi connectivity index (χ2v) is 9.02. The van der Waals surface area contributed by atoms with Crippen molar-refractivity contribution in [1.82, 2.24) is 0 Å². The number of hydrogen-bond donors (Lipinski definition) is 2. The number of methoxy groups -OCH3 is 1. The number of sulfonamides is 1. The fraction of sp³-hybridized carbons (Fsp3) is 0.0952. The Hall–Kier alpha value is -3.57. The Kier molecular flexibility index (Phi) is 7.01. The van der Waals surface area contributed by atoms with Gasteiger partial charge in [0.25, 0.3) is 21.6 Å². The topological polar surface area (TPSA) is 128 Å². The van der Waals surface area contributed by atoms with Gasteiger partial charge in [-0.3, -0.25) is 19.6 Å². The smallest absolute Gasteiger partial charge is 0.271 e. The van der Waals surface area contributed by atoms with E-state index in [4.69, 9.17) is 4.74 Å². The number of benzene rings is 3. The Bertz CT molecular complexity index is 1260. The summed E-state index contributed by atoms with van der Waals surface area (Å²) >= 11 is 1.57. The van der Waals surface area contributed by atoms with Crippen molar-refractivity contribution in [2.24, 2.45) is 0 Å². The molecule has 0 aliphatic carbocycles. The minimum atomic E-state index is -4.16. The van der Waals surface area contributed by atoms with Crippen LogP contribution in [0.25, 0.3) is 0 Å². The van der Waals surface area contributed by atoms with Gasteiger partial charge in [0.1, 0.15) is 5.75 Å². The molecule has 0 spiro atoms. The summed E-state index contributed by atoms with van der Waals surface area (Å²) in [5, 5.41) is 13.8. The van der Waals surface area contributed by atoms with E-state index in [-0.39, 0.29) is 27.6 Å². The molecule has 0 aromatic heterocycles. The molecule has 3 rings (SSSR count). The summed E-state index contributed by atoms with van der Waals surface area (Å²) in [6.45, 7) is 0. The standard InChI is InChI=1S/C21H19N3O6S2/c1-30-20-11-8-16(24(26)27)13-19(20)23-32(28,29)18-5-3-4-14(12-18)21(25)22-15-6-9-17(31-2)10-7-15/h3-13,23H,1-2H3,(H,22,25). The monoisotopic (exact) mass is 473 g/mol. The Morgan fingerprint density at radius 2 is 1.78 bits per heavy atom. The average molecular weight is 474 g/mol. The number of anilines is 2. The van der Waals surface area contributed by atoms with Crippen molar-refractivity contribution < 1.29 is 22.9 Å². The molecule has 0 saturated carbocycles. The summed E-state index contributed by atoms with van der Waals surface area (Å²) in [5.41, 5.74) is 0.308. The molecule has 3 aromatic carbocycles. The highest BCUT2D eigenvalue weighted by Crippen LogP contribution is 2.31. The fourth-order valence-corrected chi connectivity index (χ4v) is 4.29. The third kappa shape index (κ3) is 5.37. The molecule has 3 aromatic rings. The van der Waals surface area contributed by atoms with E-state index in [1.54, 1.807) is 23.9 Å². The summed E-state index contributed by atoms with van der Waals surface area (Å²) in [7, 11) is -2.85.